The first-order valence-electron chi connectivity index (χ1n) is 4.67. The highest BCUT2D eigenvalue weighted by atomic mass is 79.9. The molecule has 1 unspecified atom stereocenters. The van der Waals surface area contributed by atoms with Crippen LogP contribution >= 0.6 is 43.2 Å². The summed E-state index contributed by atoms with van der Waals surface area (Å²) in [5.41, 5.74) is -0.0346. The maximum Gasteiger partial charge on any atom is 0.194 e. The zero-order valence-corrected chi connectivity index (χ0v) is 12.5. The number of aliphatic hydroxyl groups excluding tert-OH is 1. The van der Waals surface area contributed by atoms with Crippen LogP contribution in [-0.2, 0) is 0 Å². The van der Waals surface area contributed by atoms with Crippen molar-refractivity contribution >= 4 is 43.2 Å². The third-order valence-electron chi connectivity index (χ3n) is 2.26. The van der Waals surface area contributed by atoms with Crippen molar-refractivity contribution in [2.45, 2.75) is 6.10 Å². The van der Waals surface area contributed by atoms with E-state index < -0.39 is 23.6 Å². The lowest BCUT2D eigenvalue weighted by atomic mass is 10.1. The van der Waals surface area contributed by atoms with Crippen LogP contribution in [0.4, 0.5) is 13.2 Å². The summed E-state index contributed by atoms with van der Waals surface area (Å²) in [4.78, 5) is 0.485. The van der Waals surface area contributed by atoms with Crippen LogP contribution in [0, 0.1) is 17.5 Å². The van der Waals surface area contributed by atoms with Crippen LogP contribution in [0.15, 0.2) is 26.5 Å². The summed E-state index contributed by atoms with van der Waals surface area (Å²) in [5, 5.41) is 9.98. The van der Waals surface area contributed by atoms with Crippen molar-refractivity contribution in [3.05, 3.63) is 54.4 Å². The van der Waals surface area contributed by atoms with Crippen molar-refractivity contribution in [2.24, 2.45) is 0 Å². The molecule has 0 radical (unpaired) electrons. The van der Waals surface area contributed by atoms with Gasteiger partial charge in [0.2, 0.25) is 0 Å². The number of aliphatic hydroxyl groups is 1. The van der Waals surface area contributed by atoms with Gasteiger partial charge in [0, 0.05) is 9.35 Å². The van der Waals surface area contributed by atoms with Gasteiger partial charge in [-0.1, -0.05) is 0 Å². The van der Waals surface area contributed by atoms with Gasteiger partial charge in [0.05, 0.1) is 3.79 Å². The van der Waals surface area contributed by atoms with Gasteiger partial charge in [0.25, 0.3) is 0 Å². The second kappa shape index (κ2) is 5.32. The first-order chi connectivity index (χ1) is 8.40. The van der Waals surface area contributed by atoms with E-state index >= 15 is 0 Å². The lowest BCUT2D eigenvalue weighted by Crippen LogP contribution is -2.01. The highest BCUT2D eigenvalue weighted by molar-refractivity contribution is 9.13. The smallest absolute Gasteiger partial charge is 0.194 e. The van der Waals surface area contributed by atoms with Crippen molar-refractivity contribution in [3.63, 3.8) is 0 Å². The molecule has 0 bridgehead atoms. The molecule has 1 nitrogen and oxygen atoms in total. The highest BCUT2D eigenvalue weighted by Gasteiger charge is 2.19. The fraction of sp³-hybridized carbons (Fsp3) is 0.0909. The lowest BCUT2D eigenvalue weighted by Gasteiger charge is -2.09. The molecule has 7 heteroatoms. The number of halogens is 5. The molecule has 1 heterocycles. The van der Waals surface area contributed by atoms with Crippen LogP contribution in [-0.4, -0.2) is 5.11 Å². The van der Waals surface area contributed by atoms with E-state index in [1.165, 1.54) is 11.3 Å². The summed E-state index contributed by atoms with van der Waals surface area (Å²) in [6.07, 6.45) is -1.21. The van der Waals surface area contributed by atoms with E-state index in [2.05, 4.69) is 31.9 Å². The molecule has 1 aromatic carbocycles. The van der Waals surface area contributed by atoms with E-state index in [1.54, 1.807) is 6.07 Å². The predicted molar refractivity (Wildman–Crippen MR) is 70.1 cm³/mol. The number of rotatable bonds is 2. The highest BCUT2D eigenvalue weighted by Crippen LogP contribution is 2.37. The van der Waals surface area contributed by atoms with E-state index in [9.17, 15) is 18.3 Å². The van der Waals surface area contributed by atoms with Crippen molar-refractivity contribution < 1.29 is 18.3 Å². The van der Waals surface area contributed by atoms with Gasteiger partial charge in [-0.25, -0.2) is 13.2 Å². The van der Waals surface area contributed by atoms with Crippen molar-refractivity contribution in [1.82, 2.24) is 0 Å². The average molecular weight is 402 g/mol. The van der Waals surface area contributed by atoms with Crippen LogP contribution in [0.3, 0.4) is 0 Å². The molecule has 1 aromatic heterocycles. The second-order valence-electron chi connectivity index (χ2n) is 3.47. The number of benzene rings is 1. The van der Waals surface area contributed by atoms with Gasteiger partial charge in [0.15, 0.2) is 17.5 Å². The summed E-state index contributed by atoms with van der Waals surface area (Å²) in [5.74, 6) is -4.18. The minimum atomic E-state index is -1.54. The molecule has 0 spiro atoms. The summed E-state index contributed by atoms with van der Waals surface area (Å²) >= 11 is 7.71. The molecule has 2 aromatic rings. The third-order valence-corrected chi connectivity index (χ3v) is 5.56. The van der Waals surface area contributed by atoms with Crippen LogP contribution in [0.25, 0.3) is 0 Å². The zero-order chi connectivity index (χ0) is 13.4. The quantitative estimate of drug-likeness (QED) is 0.718. The van der Waals surface area contributed by atoms with Crippen LogP contribution in [0.2, 0.25) is 0 Å². The predicted octanol–water partition coefficient (Wildman–Crippen LogP) is 4.77. The molecule has 1 N–H and O–H groups in total. The molecular formula is C11H5Br2F3OS. The SMILES string of the molecule is OC(c1cc(F)c(F)c(F)c1)c1cc(Br)c(Br)s1. The Morgan fingerprint density at radius 2 is 1.61 bits per heavy atom. The second-order valence-corrected chi connectivity index (χ2v) is 6.73. The molecule has 0 amide bonds. The van der Waals surface area contributed by atoms with E-state index in [1.807, 2.05) is 0 Å². The average Bonchev–Trinajstić information content (AvgIpc) is 2.65. The molecule has 0 aliphatic rings. The largest absolute Gasteiger partial charge is 0.383 e. The molecule has 2 rings (SSSR count). The number of hydrogen-bond donors (Lipinski definition) is 1. The summed E-state index contributed by atoms with van der Waals surface area (Å²) in [7, 11) is 0. The van der Waals surface area contributed by atoms with E-state index in [4.69, 9.17) is 0 Å². The normalized spacial score (nSPS) is 12.8. The molecule has 0 aliphatic carbocycles. The fourth-order valence-corrected chi connectivity index (χ4v) is 3.50. The molecule has 0 saturated carbocycles. The summed E-state index contributed by atoms with van der Waals surface area (Å²) in [6.45, 7) is 0. The van der Waals surface area contributed by atoms with Gasteiger partial charge in [0.1, 0.15) is 6.10 Å². The Bertz CT molecular complexity index is 557. The molecule has 0 fully saturated rings. The number of thiophene rings is 1. The van der Waals surface area contributed by atoms with Crippen LogP contribution < -0.4 is 0 Å². The molecule has 0 aliphatic heterocycles. The molecule has 1 atom stereocenters. The number of hydrogen-bond acceptors (Lipinski definition) is 2. The lowest BCUT2D eigenvalue weighted by molar-refractivity contribution is 0.222. The van der Waals surface area contributed by atoms with Gasteiger partial charge in [-0.3, -0.25) is 0 Å². The van der Waals surface area contributed by atoms with Gasteiger partial charge >= 0.3 is 0 Å². The van der Waals surface area contributed by atoms with E-state index in [0.717, 1.165) is 20.4 Å². The van der Waals surface area contributed by atoms with Crippen molar-refractivity contribution in [1.29, 1.82) is 0 Å². The topological polar surface area (TPSA) is 20.2 Å². The van der Waals surface area contributed by atoms with Gasteiger partial charge in [-0.2, -0.15) is 0 Å². The fourth-order valence-electron chi connectivity index (χ4n) is 1.40. The van der Waals surface area contributed by atoms with Gasteiger partial charge in [-0.05, 0) is 55.6 Å². The minimum absolute atomic E-state index is 0.0346. The molecule has 18 heavy (non-hydrogen) atoms. The summed E-state index contributed by atoms with van der Waals surface area (Å²) < 4.78 is 40.4. The van der Waals surface area contributed by atoms with Gasteiger partial charge < -0.3 is 5.11 Å². The maximum atomic E-state index is 13.1. The Kier molecular flexibility index (Phi) is 4.15. The monoisotopic (exact) mass is 400 g/mol. The van der Waals surface area contributed by atoms with Crippen LogP contribution in [0.1, 0.15) is 16.5 Å². The Morgan fingerprint density at radius 1 is 1.06 bits per heavy atom. The molecule has 96 valence electrons. The van der Waals surface area contributed by atoms with E-state index in [0.29, 0.717) is 4.88 Å². The van der Waals surface area contributed by atoms with Crippen molar-refractivity contribution in [2.75, 3.05) is 0 Å². The maximum absolute atomic E-state index is 13.1. The summed E-state index contributed by atoms with van der Waals surface area (Å²) in [6, 6.07) is 3.19. The van der Waals surface area contributed by atoms with E-state index in [-0.39, 0.29) is 5.56 Å². The first-order valence-corrected chi connectivity index (χ1v) is 7.07. The Morgan fingerprint density at radius 3 is 2.06 bits per heavy atom. The van der Waals surface area contributed by atoms with Crippen molar-refractivity contribution in [3.8, 4) is 0 Å². The third kappa shape index (κ3) is 2.64. The van der Waals surface area contributed by atoms with Gasteiger partial charge in [-0.15, -0.1) is 11.3 Å². The standard InChI is InChI=1S/C11H5Br2F3OS/c12-5-3-8(18-11(5)13)10(17)4-1-6(14)9(16)7(15)2-4/h1-3,10,17H. The molecule has 0 saturated heterocycles. The Hall–Kier alpha value is -0.370. The first kappa shape index (κ1) is 14.0. The Labute approximate surface area is 122 Å². The minimum Gasteiger partial charge on any atom is -0.383 e. The Balaban J connectivity index is 2.42. The molecular weight excluding hydrogens is 397 g/mol. The zero-order valence-electron chi connectivity index (χ0n) is 8.55. The van der Waals surface area contributed by atoms with Crippen LogP contribution in [0.5, 0.6) is 0 Å².